The van der Waals surface area contributed by atoms with Crippen LogP contribution in [-0.4, -0.2) is 16.1 Å². The Kier molecular flexibility index (Phi) is 2.00. The molecule has 1 fully saturated rings. The molecular formula is C10H11NO2. The van der Waals surface area contributed by atoms with Gasteiger partial charge >= 0.3 is 5.97 Å². The highest BCUT2D eigenvalue weighted by Gasteiger charge is 2.24. The van der Waals surface area contributed by atoms with Gasteiger partial charge in [-0.1, -0.05) is 12.5 Å². The van der Waals surface area contributed by atoms with Crippen LogP contribution in [0, 0.1) is 0 Å². The van der Waals surface area contributed by atoms with E-state index < -0.39 is 5.97 Å². The molecule has 0 spiro atoms. The summed E-state index contributed by atoms with van der Waals surface area (Å²) in [6.07, 6.45) is 4.95. The van der Waals surface area contributed by atoms with Crippen molar-refractivity contribution in [2.45, 2.75) is 25.2 Å². The molecule has 0 amide bonds. The zero-order chi connectivity index (χ0) is 9.26. The summed E-state index contributed by atoms with van der Waals surface area (Å²) in [7, 11) is 0. The molecule has 3 heteroatoms. The SMILES string of the molecule is O=C(O)c1ncccc1C1CCC1. The van der Waals surface area contributed by atoms with Crippen molar-refractivity contribution in [3.63, 3.8) is 0 Å². The van der Waals surface area contributed by atoms with E-state index in [1.807, 2.05) is 6.07 Å². The molecule has 2 rings (SSSR count). The maximum absolute atomic E-state index is 10.8. The highest BCUT2D eigenvalue weighted by molar-refractivity contribution is 5.87. The summed E-state index contributed by atoms with van der Waals surface area (Å²) in [5, 5.41) is 8.87. The van der Waals surface area contributed by atoms with Crippen LogP contribution in [0.5, 0.6) is 0 Å². The van der Waals surface area contributed by atoms with Gasteiger partial charge in [0.05, 0.1) is 0 Å². The highest BCUT2D eigenvalue weighted by Crippen LogP contribution is 2.37. The van der Waals surface area contributed by atoms with Crippen LogP contribution in [0.1, 0.15) is 41.2 Å². The van der Waals surface area contributed by atoms with E-state index in [0.29, 0.717) is 5.92 Å². The summed E-state index contributed by atoms with van der Waals surface area (Å²) in [6, 6.07) is 3.68. The Hall–Kier alpha value is -1.38. The molecule has 3 nitrogen and oxygen atoms in total. The molecule has 0 aromatic carbocycles. The number of nitrogens with zero attached hydrogens (tertiary/aromatic N) is 1. The molecular weight excluding hydrogens is 166 g/mol. The van der Waals surface area contributed by atoms with Gasteiger partial charge in [0.2, 0.25) is 0 Å². The third-order valence-corrected chi connectivity index (χ3v) is 2.59. The molecule has 1 heterocycles. The fourth-order valence-electron chi connectivity index (χ4n) is 1.65. The van der Waals surface area contributed by atoms with Crippen molar-refractivity contribution in [3.8, 4) is 0 Å². The number of rotatable bonds is 2. The van der Waals surface area contributed by atoms with Crippen molar-refractivity contribution in [1.82, 2.24) is 4.98 Å². The molecule has 1 aliphatic rings. The van der Waals surface area contributed by atoms with Gasteiger partial charge in [0.25, 0.3) is 0 Å². The summed E-state index contributed by atoms with van der Waals surface area (Å²) in [5.41, 5.74) is 1.13. The van der Waals surface area contributed by atoms with Crippen molar-refractivity contribution < 1.29 is 9.90 Å². The maximum Gasteiger partial charge on any atom is 0.354 e. The third kappa shape index (κ3) is 1.41. The van der Waals surface area contributed by atoms with Crippen LogP contribution in [0.4, 0.5) is 0 Å². The van der Waals surface area contributed by atoms with Crippen molar-refractivity contribution in [1.29, 1.82) is 0 Å². The number of aromatic carboxylic acids is 1. The maximum atomic E-state index is 10.8. The predicted octanol–water partition coefficient (Wildman–Crippen LogP) is 2.05. The van der Waals surface area contributed by atoms with Gasteiger partial charge in [-0.3, -0.25) is 0 Å². The van der Waals surface area contributed by atoms with Crippen molar-refractivity contribution in [2.24, 2.45) is 0 Å². The van der Waals surface area contributed by atoms with Crippen LogP contribution in [0.2, 0.25) is 0 Å². The van der Waals surface area contributed by atoms with Gasteiger partial charge in [-0.25, -0.2) is 9.78 Å². The number of aromatic nitrogens is 1. The van der Waals surface area contributed by atoms with Crippen molar-refractivity contribution >= 4 is 5.97 Å². The van der Waals surface area contributed by atoms with Gasteiger partial charge in [0.1, 0.15) is 0 Å². The number of carbonyl (C=O) groups is 1. The minimum atomic E-state index is -0.914. The summed E-state index contributed by atoms with van der Waals surface area (Å²) in [4.78, 5) is 14.7. The van der Waals surface area contributed by atoms with E-state index in [0.717, 1.165) is 18.4 Å². The lowest BCUT2D eigenvalue weighted by molar-refractivity contribution is 0.0687. The predicted molar refractivity (Wildman–Crippen MR) is 47.8 cm³/mol. The van der Waals surface area contributed by atoms with Gasteiger partial charge in [-0.2, -0.15) is 0 Å². The van der Waals surface area contributed by atoms with Crippen LogP contribution in [0.3, 0.4) is 0 Å². The number of hydrogen-bond donors (Lipinski definition) is 1. The van der Waals surface area contributed by atoms with Crippen LogP contribution < -0.4 is 0 Å². The molecule has 0 atom stereocenters. The summed E-state index contributed by atoms with van der Waals surface area (Å²) >= 11 is 0. The van der Waals surface area contributed by atoms with Gasteiger partial charge in [0, 0.05) is 6.20 Å². The monoisotopic (exact) mass is 177 g/mol. The lowest BCUT2D eigenvalue weighted by atomic mass is 9.79. The third-order valence-electron chi connectivity index (χ3n) is 2.59. The van der Waals surface area contributed by atoms with Crippen LogP contribution in [-0.2, 0) is 0 Å². The Morgan fingerprint density at radius 2 is 2.31 bits per heavy atom. The topological polar surface area (TPSA) is 50.2 Å². The summed E-state index contributed by atoms with van der Waals surface area (Å²) in [5.74, 6) is -0.484. The Labute approximate surface area is 76.4 Å². The molecule has 1 saturated carbocycles. The molecule has 0 bridgehead atoms. The second kappa shape index (κ2) is 3.17. The minimum Gasteiger partial charge on any atom is -0.477 e. The molecule has 0 radical (unpaired) electrons. The quantitative estimate of drug-likeness (QED) is 0.752. The Balaban J connectivity index is 2.36. The second-order valence-corrected chi connectivity index (χ2v) is 3.37. The zero-order valence-corrected chi connectivity index (χ0v) is 7.23. The molecule has 0 unspecified atom stereocenters. The molecule has 1 aliphatic carbocycles. The zero-order valence-electron chi connectivity index (χ0n) is 7.23. The molecule has 0 aliphatic heterocycles. The first-order chi connectivity index (χ1) is 6.29. The van der Waals surface area contributed by atoms with E-state index in [9.17, 15) is 4.79 Å². The Morgan fingerprint density at radius 3 is 2.85 bits per heavy atom. The molecule has 1 aromatic rings. The normalized spacial score (nSPS) is 16.6. The van der Waals surface area contributed by atoms with E-state index in [1.165, 1.54) is 12.6 Å². The molecule has 13 heavy (non-hydrogen) atoms. The van der Waals surface area contributed by atoms with Gasteiger partial charge in [-0.05, 0) is 30.4 Å². The average molecular weight is 177 g/mol. The molecule has 1 aromatic heterocycles. The van der Waals surface area contributed by atoms with Gasteiger partial charge in [0.15, 0.2) is 5.69 Å². The lowest BCUT2D eigenvalue weighted by Crippen LogP contribution is -2.14. The van der Waals surface area contributed by atoms with Crippen LogP contribution in [0.15, 0.2) is 18.3 Å². The number of pyridine rings is 1. The fourth-order valence-corrected chi connectivity index (χ4v) is 1.65. The van der Waals surface area contributed by atoms with E-state index in [-0.39, 0.29) is 5.69 Å². The van der Waals surface area contributed by atoms with E-state index in [4.69, 9.17) is 5.11 Å². The lowest BCUT2D eigenvalue weighted by Gasteiger charge is -2.26. The smallest absolute Gasteiger partial charge is 0.354 e. The number of carboxylic acid groups (broad SMARTS) is 1. The van der Waals surface area contributed by atoms with Crippen molar-refractivity contribution in [3.05, 3.63) is 29.6 Å². The van der Waals surface area contributed by atoms with Crippen LogP contribution >= 0.6 is 0 Å². The van der Waals surface area contributed by atoms with Crippen LogP contribution in [0.25, 0.3) is 0 Å². The summed E-state index contributed by atoms with van der Waals surface area (Å²) in [6.45, 7) is 0. The number of carboxylic acids is 1. The van der Waals surface area contributed by atoms with Crippen molar-refractivity contribution in [2.75, 3.05) is 0 Å². The first-order valence-electron chi connectivity index (χ1n) is 4.47. The first kappa shape index (κ1) is 8.23. The number of hydrogen-bond acceptors (Lipinski definition) is 2. The van der Waals surface area contributed by atoms with E-state index >= 15 is 0 Å². The largest absolute Gasteiger partial charge is 0.477 e. The summed E-state index contributed by atoms with van der Waals surface area (Å²) < 4.78 is 0. The standard InChI is InChI=1S/C10H11NO2/c12-10(13)9-8(5-2-6-11-9)7-3-1-4-7/h2,5-7H,1,3-4H2,(H,12,13). The average Bonchev–Trinajstić information content (AvgIpc) is 2.02. The second-order valence-electron chi connectivity index (χ2n) is 3.37. The molecule has 68 valence electrons. The van der Waals surface area contributed by atoms with Gasteiger partial charge < -0.3 is 5.11 Å². The fraction of sp³-hybridized carbons (Fsp3) is 0.400. The highest BCUT2D eigenvalue weighted by atomic mass is 16.4. The molecule has 1 N–H and O–H groups in total. The Bertz CT molecular complexity index is 331. The Morgan fingerprint density at radius 1 is 1.54 bits per heavy atom. The first-order valence-corrected chi connectivity index (χ1v) is 4.47. The van der Waals surface area contributed by atoms with E-state index in [1.54, 1.807) is 6.07 Å². The minimum absolute atomic E-state index is 0.229. The van der Waals surface area contributed by atoms with Gasteiger partial charge in [-0.15, -0.1) is 0 Å². The molecule has 0 saturated heterocycles. The van der Waals surface area contributed by atoms with E-state index in [2.05, 4.69) is 4.98 Å².